The van der Waals surface area contributed by atoms with Gasteiger partial charge in [-0.15, -0.1) is 0 Å². The Morgan fingerprint density at radius 2 is 2.15 bits per heavy atom. The molecule has 3 heteroatoms. The van der Waals surface area contributed by atoms with Crippen LogP contribution < -0.4 is 5.32 Å². The van der Waals surface area contributed by atoms with Gasteiger partial charge in [-0.25, -0.2) is 0 Å². The fraction of sp³-hybridized carbons (Fsp3) is 0.900. The van der Waals surface area contributed by atoms with E-state index in [0.29, 0.717) is 18.9 Å². The molecule has 0 rings (SSSR count). The molecule has 3 nitrogen and oxygen atoms in total. The van der Waals surface area contributed by atoms with Gasteiger partial charge in [0.1, 0.15) is 0 Å². The summed E-state index contributed by atoms with van der Waals surface area (Å²) in [4.78, 5) is 11.2. The summed E-state index contributed by atoms with van der Waals surface area (Å²) >= 11 is 0. The molecule has 0 aliphatic carbocycles. The topological polar surface area (TPSA) is 38.3 Å². The van der Waals surface area contributed by atoms with Crippen LogP contribution in [0.1, 0.15) is 35.5 Å². The lowest BCUT2D eigenvalue weighted by atomic mass is 9.89. The Morgan fingerprint density at radius 1 is 1.62 bits per heavy atom. The summed E-state index contributed by atoms with van der Waals surface area (Å²) in [5.74, 6) is 0.441. The van der Waals surface area contributed by atoms with Gasteiger partial charge in [0.25, 0.3) is 0 Å². The fourth-order valence-electron chi connectivity index (χ4n) is 1.05. The smallest absolute Gasteiger partial charge is 0.220 e. The molecule has 0 saturated heterocycles. The van der Waals surface area contributed by atoms with Gasteiger partial charge in [-0.2, -0.15) is 0 Å². The molecule has 0 bridgehead atoms. The van der Waals surface area contributed by atoms with E-state index in [1.54, 1.807) is 7.11 Å². The van der Waals surface area contributed by atoms with Crippen molar-refractivity contribution in [2.45, 2.75) is 39.7 Å². The Bertz CT molecular complexity index is 174. The molecule has 0 fully saturated rings. The molecule has 0 saturated carbocycles. The summed E-state index contributed by atoms with van der Waals surface area (Å²) in [6.45, 7) is 8.57. The van der Waals surface area contributed by atoms with Crippen molar-refractivity contribution in [1.29, 1.82) is 0 Å². The molecule has 1 atom stereocenters. The molecule has 1 amide bonds. The number of carbonyl (C=O) groups excluding carboxylic acids is 1. The second-order valence-corrected chi connectivity index (χ2v) is 3.91. The lowest BCUT2D eigenvalue weighted by Gasteiger charge is -2.34. The van der Waals surface area contributed by atoms with Crippen LogP contribution in [0.3, 0.4) is 0 Å². The molecule has 0 aliphatic rings. The van der Waals surface area contributed by atoms with Crippen LogP contribution in [0, 0.1) is 5.92 Å². The normalized spacial score (nSPS) is 15.5. The molecule has 0 aromatic carbocycles. The van der Waals surface area contributed by atoms with Gasteiger partial charge in [-0.3, -0.25) is 4.79 Å². The van der Waals surface area contributed by atoms with Gasteiger partial charge in [0.05, 0.1) is 12.1 Å². The fourth-order valence-corrected chi connectivity index (χ4v) is 1.05. The van der Waals surface area contributed by atoms with Gasteiger partial charge in [0, 0.05) is 15.0 Å². The van der Waals surface area contributed by atoms with Gasteiger partial charge in [-0.05, 0) is 12.8 Å². The summed E-state index contributed by atoms with van der Waals surface area (Å²) in [6.07, 6.45) is 0.520. The van der Waals surface area contributed by atoms with Crippen molar-refractivity contribution in [3.05, 3.63) is 0 Å². The molecule has 0 aromatic heterocycles. The van der Waals surface area contributed by atoms with E-state index in [0.717, 1.165) is 0 Å². The van der Waals surface area contributed by atoms with Crippen LogP contribution in [0.25, 0.3) is 0 Å². The average Bonchev–Trinajstić information content (AvgIpc) is 2.04. The third-order valence-electron chi connectivity index (χ3n) is 2.46. The quantitative estimate of drug-likeness (QED) is 0.716. The molecular formula is C10H23NO2. The first-order valence-corrected chi connectivity index (χ1v) is 4.76. The number of hydrogen-bond acceptors (Lipinski definition) is 2. The molecule has 80 valence electrons. The number of amides is 1. The molecule has 0 radical (unpaired) electrons. The van der Waals surface area contributed by atoms with E-state index < -0.39 is 0 Å². The molecule has 13 heavy (non-hydrogen) atoms. The van der Waals surface area contributed by atoms with Gasteiger partial charge in [-0.1, -0.05) is 20.8 Å². The highest BCUT2D eigenvalue weighted by molar-refractivity contribution is 5.76. The van der Waals surface area contributed by atoms with Crippen molar-refractivity contribution in [2.75, 3.05) is 13.7 Å². The Hall–Kier alpha value is -0.570. The number of rotatable bonds is 5. The van der Waals surface area contributed by atoms with E-state index in [-0.39, 0.29) is 12.9 Å². The van der Waals surface area contributed by atoms with Crippen molar-refractivity contribution in [1.82, 2.24) is 5.32 Å². The minimum Gasteiger partial charge on any atom is -0.382 e. The van der Waals surface area contributed by atoms with Gasteiger partial charge >= 0.3 is 0 Å². The van der Waals surface area contributed by atoms with Crippen LogP contribution in [0.5, 0.6) is 0 Å². The highest BCUT2D eigenvalue weighted by Crippen LogP contribution is 2.16. The zero-order valence-electron chi connectivity index (χ0n) is 9.31. The molecule has 0 heterocycles. The Balaban J connectivity index is 0. The summed E-state index contributed by atoms with van der Waals surface area (Å²) in [5.41, 5.74) is -0.248. The third kappa shape index (κ3) is 3.77. The van der Waals surface area contributed by atoms with Crippen LogP contribution in [0.4, 0.5) is 0 Å². The average molecular weight is 189 g/mol. The van der Waals surface area contributed by atoms with Gasteiger partial charge in [0.2, 0.25) is 5.91 Å². The number of nitrogens with one attached hydrogen (secondary N) is 1. The predicted molar refractivity (Wildman–Crippen MR) is 55.7 cm³/mol. The standard InChI is InChI=1S/C10H21NO2.H2/c1-6-9(12)11-10(4,7-13-5)8(2)3;/h8H,6-7H2,1-5H3,(H,11,12);1H. The molecule has 1 N–H and O–H groups in total. The Kier molecular flexibility index (Phi) is 4.99. The van der Waals surface area contributed by atoms with Crippen LogP contribution in [-0.4, -0.2) is 25.2 Å². The van der Waals surface area contributed by atoms with Crippen molar-refractivity contribution < 1.29 is 11.0 Å². The second-order valence-electron chi connectivity index (χ2n) is 3.91. The highest BCUT2D eigenvalue weighted by atomic mass is 16.5. The van der Waals surface area contributed by atoms with Gasteiger partial charge < -0.3 is 10.1 Å². The molecule has 0 aromatic rings. The van der Waals surface area contributed by atoms with Crippen LogP contribution >= 0.6 is 0 Å². The number of hydrogen-bond donors (Lipinski definition) is 1. The van der Waals surface area contributed by atoms with E-state index in [4.69, 9.17) is 4.74 Å². The maximum absolute atomic E-state index is 11.2. The van der Waals surface area contributed by atoms with Crippen LogP contribution in [-0.2, 0) is 9.53 Å². The highest BCUT2D eigenvalue weighted by Gasteiger charge is 2.29. The maximum atomic E-state index is 11.2. The second kappa shape index (κ2) is 5.22. The van der Waals surface area contributed by atoms with E-state index >= 15 is 0 Å². The Labute approximate surface area is 82.3 Å². The van der Waals surface area contributed by atoms with Crippen molar-refractivity contribution in [3.63, 3.8) is 0 Å². The maximum Gasteiger partial charge on any atom is 0.220 e. The molecule has 0 spiro atoms. The zero-order chi connectivity index (χ0) is 10.5. The SMILES string of the molecule is CCC(=O)NC(C)(COC)C(C)C.[HH]. The first kappa shape index (κ1) is 12.4. The molecule has 1 unspecified atom stereocenters. The van der Waals surface area contributed by atoms with Crippen LogP contribution in [0.2, 0.25) is 0 Å². The monoisotopic (exact) mass is 189 g/mol. The minimum atomic E-state index is -0.248. The van der Waals surface area contributed by atoms with E-state index in [1.807, 2.05) is 13.8 Å². The van der Waals surface area contributed by atoms with Crippen molar-refractivity contribution >= 4 is 5.91 Å². The lowest BCUT2D eigenvalue weighted by molar-refractivity contribution is -0.123. The summed E-state index contributed by atoms with van der Waals surface area (Å²) in [6, 6.07) is 0. The first-order valence-electron chi connectivity index (χ1n) is 4.76. The number of methoxy groups -OCH3 is 1. The molecule has 0 aliphatic heterocycles. The predicted octanol–water partition coefficient (Wildman–Crippen LogP) is 1.82. The summed E-state index contributed by atoms with van der Waals surface area (Å²) < 4.78 is 5.10. The molecular weight excluding hydrogens is 166 g/mol. The van der Waals surface area contributed by atoms with Crippen LogP contribution in [0.15, 0.2) is 0 Å². The number of ether oxygens (including phenoxy) is 1. The summed E-state index contributed by atoms with van der Waals surface area (Å²) in [7, 11) is 1.65. The van der Waals surface area contributed by atoms with E-state index in [9.17, 15) is 4.79 Å². The first-order chi connectivity index (χ1) is 5.96. The van der Waals surface area contributed by atoms with E-state index in [1.165, 1.54) is 0 Å². The summed E-state index contributed by atoms with van der Waals surface area (Å²) in [5, 5.41) is 2.98. The Morgan fingerprint density at radius 3 is 2.46 bits per heavy atom. The number of carbonyl (C=O) groups is 1. The van der Waals surface area contributed by atoms with E-state index in [2.05, 4.69) is 19.2 Å². The largest absolute Gasteiger partial charge is 0.382 e. The third-order valence-corrected chi connectivity index (χ3v) is 2.46. The van der Waals surface area contributed by atoms with Crippen molar-refractivity contribution in [3.8, 4) is 0 Å². The van der Waals surface area contributed by atoms with Gasteiger partial charge in [0.15, 0.2) is 0 Å². The van der Waals surface area contributed by atoms with Crippen molar-refractivity contribution in [2.24, 2.45) is 5.92 Å². The zero-order valence-corrected chi connectivity index (χ0v) is 9.31. The minimum absolute atomic E-state index is 0. The lowest BCUT2D eigenvalue weighted by Crippen LogP contribution is -2.53.